The van der Waals surface area contributed by atoms with Gasteiger partial charge in [-0.1, -0.05) is 30.9 Å². The smallest absolute Gasteiger partial charge is 0.329 e. The Kier molecular flexibility index (Phi) is 4.61. The molecular weight excluding hydrogens is 292 g/mol. The molecule has 21 heavy (non-hydrogen) atoms. The van der Waals surface area contributed by atoms with Gasteiger partial charge in [0.25, 0.3) is 5.91 Å². The Morgan fingerprint density at radius 1 is 1.33 bits per heavy atom. The van der Waals surface area contributed by atoms with Gasteiger partial charge in [0.05, 0.1) is 5.02 Å². The van der Waals surface area contributed by atoms with E-state index in [1.165, 1.54) is 0 Å². The Morgan fingerprint density at radius 2 is 1.95 bits per heavy atom. The zero-order valence-corrected chi connectivity index (χ0v) is 13.1. The molecule has 0 bridgehead atoms. The van der Waals surface area contributed by atoms with Crippen molar-refractivity contribution in [2.75, 3.05) is 0 Å². The molecule has 6 heteroatoms. The van der Waals surface area contributed by atoms with Crippen molar-refractivity contribution in [3.8, 4) is 0 Å². The van der Waals surface area contributed by atoms with Crippen molar-refractivity contribution in [3.05, 3.63) is 23.0 Å². The fourth-order valence-electron chi connectivity index (χ4n) is 2.88. The Balaban J connectivity index is 2.25. The van der Waals surface area contributed by atoms with Gasteiger partial charge in [-0.25, -0.2) is 4.79 Å². The van der Waals surface area contributed by atoms with Gasteiger partial charge in [0.1, 0.15) is 11.2 Å². The SMILES string of the molecule is CC(C)n1cc(Cl)cc1C(=O)NC1(C(=O)O)CCCCC1. The number of aromatic nitrogens is 1. The Morgan fingerprint density at radius 3 is 2.48 bits per heavy atom. The zero-order valence-electron chi connectivity index (χ0n) is 12.4. The van der Waals surface area contributed by atoms with Gasteiger partial charge in [-0.05, 0) is 32.8 Å². The van der Waals surface area contributed by atoms with Crippen LogP contribution < -0.4 is 5.32 Å². The van der Waals surface area contributed by atoms with Gasteiger partial charge >= 0.3 is 5.97 Å². The molecule has 0 saturated heterocycles. The third-order valence-electron chi connectivity index (χ3n) is 4.07. The summed E-state index contributed by atoms with van der Waals surface area (Å²) < 4.78 is 1.76. The second-order valence-corrected chi connectivity index (χ2v) is 6.38. The molecule has 0 atom stereocenters. The number of carbonyl (C=O) groups is 2. The number of hydrogen-bond donors (Lipinski definition) is 2. The fraction of sp³-hybridized carbons (Fsp3) is 0.600. The summed E-state index contributed by atoms with van der Waals surface area (Å²) >= 11 is 5.98. The first-order valence-electron chi connectivity index (χ1n) is 7.29. The fourth-order valence-corrected chi connectivity index (χ4v) is 3.09. The number of halogens is 1. The van der Waals surface area contributed by atoms with E-state index in [1.54, 1.807) is 16.8 Å². The van der Waals surface area contributed by atoms with Gasteiger partial charge in [0.15, 0.2) is 0 Å². The second kappa shape index (κ2) is 6.10. The van der Waals surface area contributed by atoms with E-state index in [9.17, 15) is 14.7 Å². The van der Waals surface area contributed by atoms with Crippen molar-refractivity contribution in [3.63, 3.8) is 0 Å². The summed E-state index contributed by atoms with van der Waals surface area (Å²) in [6.07, 6.45) is 5.29. The molecule has 5 nitrogen and oxygen atoms in total. The minimum absolute atomic E-state index is 0.0744. The normalized spacial score (nSPS) is 17.7. The van der Waals surface area contributed by atoms with Crippen LogP contribution >= 0.6 is 11.6 Å². The number of hydrogen-bond acceptors (Lipinski definition) is 2. The molecule has 1 aliphatic carbocycles. The van der Waals surface area contributed by atoms with E-state index in [0.29, 0.717) is 23.6 Å². The molecule has 0 spiro atoms. The molecule has 0 unspecified atom stereocenters. The number of nitrogens with one attached hydrogen (secondary N) is 1. The van der Waals surface area contributed by atoms with Crippen LogP contribution in [0.5, 0.6) is 0 Å². The number of aliphatic carboxylic acids is 1. The van der Waals surface area contributed by atoms with Crippen LogP contribution in [0.4, 0.5) is 0 Å². The molecule has 1 heterocycles. The number of rotatable bonds is 4. The van der Waals surface area contributed by atoms with Crippen LogP contribution in [-0.4, -0.2) is 27.1 Å². The number of carboxylic acids is 1. The van der Waals surface area contributed by atoms with Crippen LogP contribution in [0.15, 0.2) is 12.3 Å². The molecule has 1 aromatic rings. The molecule has 1 aliphatic rings. The van der Waals surface area contributed by atoms with E-state index < -0.39 is 11.5 Å². The highest BCUT2D eigenvalue weighted by atomic mass is 35.5. The molecule has 0 aliphatic heterocycles. The topological polar surface area (TPSA) is 71.3 Å². The van der Waals surface area contributed by atoms with Crippen LogP contribution in [0, 0.1) is 0 Å². The van der Waals surface area contributed by atoms with Crippen molar-refractivity contribution < 1.29 is 14.7 Å². The predicted octanol–water partition coefficient (Wildman–Crippen LogP) is 3.24. The molecule has 1 amide bonds. The lowest BCUT2D eigenvalue weighted by Gasteiger charge is -2.34. The summed E-state index contributed by atoms with van der Waals surface area (Å²) in [4.78, 5) is 24.1. The molecule has 0 aromatic carbocycles. The number of carbonyl (C=O) groups excluding carboxylic acids is 1. The van der Waals surface area contributed by atoms with E-state index in [4.69, 9.17) is 11.6 Å². The van der Waals surface area contributed by atoms with Crippen LogP contribution in [0.2, 0.25) is 5.02 Å². The first kappa shape index (κ1) is 15.9. The average Bonchev–Trinajstić information content (AvgIpc) is 2.82. The van der Waals surface area contributed by atoms with Crippen molar-refractivity contribution in [1.29, 1.82) is 0 Å². The quantitative estimate of drug-likeness (QED) is 0.896. The monoisotopic (exact) mass is 312 g/mol. The molecule has 2 N–H and O–H groups in total. The molecule has 0 radical (unpaired) electrons. The van der Waals surface area contributed by atoms with Crippen LogP contribution in [0.3, 0.4) is 0 Å². The lowest BCUT2D eigenvalue weighted by atomic mass is 9.81. The molecular formula is C15H21ClN2O3. The Hall–Kier alpha value is -1.49. The third-order valence-corrected chi connectivity index (χ3v) is 4.28. The summed E-state index contributed by atoms with van der Waals surface area (Å²) in [6, 6.07) is 1.65. The van der Waals surface area contributed by atoms with Gasteiger partial charge < -0.3 is 15.0 Å². The van der Waals surface area contributed by atoms with E-state index >= 15 is 0 Å². The highest BCUT2D eigenvalue weighted by Crippen LogP contribution is 2.29. The van der Waals surface area contributed by atoms with Crippen LogP contribution in [0.25, 0.3) is 0 Å². The van der Waals surface area contributed by atoms with Gasteiger partial charge in [-0.3, -0.25) is 4.79 Å². The summed E-state index contributed by atoms with van der Waals surface area (Å²) in [7, 11) is 0. The second-order valence-electron chi connectivity index (χ2n) is 5.95. The Labute approximate surface area is 129 Å². The average molecular weight is 313 g/mol. The van der Waals surface area contributed by atoms with Crippen molar-refractivity contribution >= 4 is 23.5 Å². The van der Waals surface area contributed by atoms with E-state index in [2.05, 4.69) is 5.32 Å². The zero-order chi connectivity index (χ0) is 15.6. The lowest BCUT2D eigenvalue weighted by Crippen LogP contribution is -2.55. The van der Waals surface area contributed by atoms with Gasteiger partial charge in [-0.2, -0.15) is 0 Å². The molecule has 1 fully saturated rings. The maximum atomic E-state index is 12.5. The highest BCUT2D eigenvalue weighted by molar-refractivity contribution is 6.31. The van der Waals surface area contributed by atoms with Crippen LogP contribution in [0.1, 0.15) is 62.5 Å². The molecule has 116 valence electrons. The summed E-state index contributed by atoms with van der Waals surface area (Å²) in [6.45, 7) is 3.89. The molecule has 1 aromatic heterocycles. The van der Waals surface area contributed by atoms with E-state index in [1.807, 2.05) is 13.8 Å². The maximum absolute atomic E-state index is 12.5. The van der Waals surface area contributed by atoms with Gasteiger partial charge in [0, 0.05) is 12.2 Å². The number of amides is 1. The summed E-state index contributed by atoms with van der Waals surface area (Å²) in [5.41, 5.74) is -0.741. The third kappa shape index (κ3) is 3.23. The summed E-state index contributed by atoms with van der Waals surface area (Å²) in [5.74, 6) is -1.33. The first-order valence-corrected chi connectivity index (χ1v) is 7.67. The number of carboxylic acid groups (broad SMARTS) is 1. The maximum Gasteiger partial charge on any atom is 0.329 e. The van der Waals surface area contributed by atoms with E-state index in [-0.39, 0.29) is 11.9 Å². The number of nitrogens with zero attached hydrogens (tertiary/aromatic N) is 1. The van der Waals surface area contributed by atoms with Crippen molar-refractivity contribution in [1.82, 2.24) is 9.88 Å². The van der Waals surface area contributed by atoms with Crippen molar-refractivity contribution in [2.45, 2.75) is 57.5 Å². The largest absolute Gasteiger partial charge is 0.480 e. The standard InChI is InChI=1S/C15H21ClN2O3/c1-10(2)18-9-11(16)8-12(18)13(19)17-15(14(20)21)6-4-3-5-7-15/h8-10H,3-7H2,1-2H3,(H,17,19)(H,20,21). The summed E-state index contributed by atoms with van der Waals surface area (Å²) in [5, 5.41) is 12.7. The lowest BCUT2D eigenvalue weighted by molar-refractivity contribution is -0.145. The van der Waals surface area contributed by atoms with Gasteiger partial charge in [0.2, 0.25) is 0 Å². The van der Waals surface area contributed by atoms with E-state index in [0.717, 1.165) is 19.3 Å². The minimum Gasteiger partial charge on any atom is -0.480 e. The molecule has 1 saturated carbocycles. The first-order chi connectivity index (χ1) is 9.85. The van der Waals surface area contributed by atoms with Gasteiger partial charge in [-0.15, -0.1) is 0 Å². The molecule has 2 rings (SSSR count). The predicted molar refractivity (Wildman–Crippen MR) is 80.7 cm³/mol. The minimum atomic E-state index is -1.14. The Bertz CT molecular complexity index is 545. The van der Waals surface area contributed by atoms with Crippen LogP contribution in [-0.2, 0) is 4.79 Å². The van der Waals surface area contributed by atoms with Crippen molar-refractivity contribution in [2.24, 2.45) is 0 Å². The highest BCUT2D eigenvalue weighted by Gasteiger charge is 2.41.